The first-order valence-electron chi connectivity index (χ1n) is 8.56. The Kier molecular flexibility index (Phi) is 5.73. The van der Waals surface area contributed by atoms with Crippen LogP contribution in [0.5, 0.6) is 11.5 Å². The molecular formula is C23H28O2. The van der Waals surface area contributed by atoms with Crippen LogP contribution >= 0.6 is 0 Å². The van der Waals surface area contributed by atoms with Gasteiger partial charge in [0.25, 0.3) is 0 Å². The summed E-state index contributed by atoms with van der Waals surface area (Å²) in [5, 5.41) is 0. The molecule has 0 N–H and O–H groups in total. The maximum atomic E-state index is 6.18. The summed E-state index contributed by atoms with van der Waals surface area (Å²) >= 11 is 0. The van der Waals surface area contributed by atoms with Crippen LogP contribution in [-0.2, 0) is 0 Å². The minimum absolute atomic E-state index is 0.361. The van der Waals surface area contributed by atoms with Gasteiger partial charge >= 0.3 is 0 Å². The molecule has 0 aromatic heterocycles. The lowest BCUT2D eigenvalue weighted by molar-refractivity contribution is 0.00505. The predicted octanol–water partition coefficient (Wildman–Crippen LogP) is 6.38. The van der Waals surface area contributed by atoms with Gasteiger partial charge in [-0.1, -0.05) is 49.6 Å². The molecule has 0 saturated carbocycles. The molecule has 2 rings (SSSR count). The van der Waals surface area contributed by atoms with Gasteiger partial charge in [0.1, 0.15) is 22.7 Å². The minimum Gasteiger partial charge on any atom is -0.488 e. The van der Waals surface area contributed by atoms with E-state index in [0.29, 0.717) is 0 Å². The highest BCUT2D eigenvalue weighted by atomic mass is 16.5. The molecule has 2 aromatic carbocycles. The van der Waals surface area contributed by atoms with Gasteiger partial charge in [-0.25, -0.2) is 0 Å². The summed E-state index contributed by atoms with van der Waals surface area (Å²) in [7, 11) is 0. The lowest BCUT2D eigenvalue weighted by Gasteiger charge is -2.35. The van der Waals surface area contributed by atoms with Gasteiger partial charge < -0.3 is 9.47 Å². The number of ether oxygens (including phenoxy) is 2. The van der Waals surface area contributed by atoms with Crippen molar-refractivity contribution in [2.45, 2.75) is 45.3 Å². The lowest BCUT2D eigenvalue weighted by Crippen LogP contribution is -2.41. The number of benzene rings is 2. The Morgan fingerprint density at radius 3 is 1.28 bits per heavy atom. The third-order valence-electron chi connectivity index (χ3n) is 3.87. The van der Waals surface area contributed by atoms with E-state index in [1.165, 1.54) is 0 Å². The standard InChI is InChI=1S/C23H28O2/c1-7-18-9-13-20(14-10-18)24-22(3,4)17-23(5,6)25-21-15-11-19(8-2)12-16-21/h7-16H,1-2,17H2,3-6H3. The fourth-order valence-electron chi connectivity index (χ4n) is 3.08. The number of hydrogen-bond donors (Lipinski definition) is 0. The smallest absolute Gasteiger partial charge is 0.120 e. The second-order valence-corrected chi connectivity index (χ2v) is 7.45. The zero-order chi connectivity index (χ0) is 18.5. The van der Waals surface area contributed by atoms with Gasteiger partial charge in [0.2, 0.25) is 0 Å². The van der Waals surface area contributed by atoms with Crippen LogP contribution in [0.3, 0.4) is 0 Å². The van der Waals surface area contributed by atoms with Crippen LogP contribution in [-0.4, -0.2) is 11.2 Å². The van der Waals surface area contributed by atoms with Gasteiger partial charge in [0.05, 0.1) is 0 Å². The van der Waals surface area contributed by atoms with E-state index in [4.69, 9.17) is 9.47 Å². The fraction of sp³-hybridized carbons (Fsp3) is 0.304. The van der Waals surface area contributed by atoms with E-state index in [-0.39, 0.29) is 11.2 Å². The molecule has 132 valence electrons. The van der Waals surface area contributed by atoms with Gasteiger partial charge in [0.15, 0.2) is 0 Å². The molecule has 0 atom stereocenters. The van der Waals surface area contributed by atoms with Crippen LogP contribution in [0.25, 0.3) is 12.2 Å². The highest BCUT2D eigenvalue weighted by Crippen LogP contribution is 2.30. The Bertz CT molecular complexity index is 643. The van der Waals surface area contributed by atoms with Crippen molar-refractivity contribution in [2.24, 2.45) is 0 Å². The first kappa shape index (κ1) is 18.9. The quantitative estimate of drug-likeness (QED) is 0.557. The first-order chi connectivity index (χ1) is 11.7. The van der Waals surface area contributed by atoms with Crippen molar-refractivity contribution < 1.29 is 9.47 Å². The molecule has 0 amide bonds. The highest BCUT2D eigenvalue weighted by molar-refractivity contribution is 5.49. The van der Waals surface area contributed by atoms with E-state index in [1.807, 2.05) is 60.7 Å². The summed E-state index contributed by atoms with van der Waals surface area (Å²) in [4.78, 5) is 0. The van der Waals surface area contributed by atoms with Gasteiger partial charge in [-0.15, -0.1) is 0 Å². The van der Waals surface area contributed by atoms with Crippen molar-refractivity contribution in [3.63, 3.8) is 0 Å². The third kappa shape index (κ3) is 5.82. The summed E-state index contributed by atoms with van der Waals surface area (Å²) in [5.41, 5.74) is 1.44. The highest BCUT2D eigenvalue weighted by Gasteiger charge is 2.32. The predicted molar refractivity (Wildman–Crippen MR) is 107 cm³/mol. The molecule has 0 saturated heterocycles. The van der Waals surface area contributed by atoms with Crippen LogP contribution in [0.4, 0.5) is 0 Å². The van der Waals surface area contributed by atoms with Crippen molar-refractivity contribution in [1.29, 1.82) is 0 Å². The molecular weight excluding hydrogens is 308 g/mol. The van der Waals surface area contributed by atoms with Crippen LogP contribution < -0.4 is 9.47 Å². The molecule has 0 aliphatic heterocycles. The molecule has 0 aliphatic carbocycles. The zero-order valence-corrected chi connectivity index (χ0v) is 15.7. The average molecular weight is 336 g/mol. The molecule has 2 aromatic rings. The summed E-state index contributed by atoms with van der Waals surface area (Å²) in [6.45, 7) is 15.9. The molecule has 0 fully saturated rings. The summed E-state index contributed by atoms with van der Waals surface area (Å²) < 4.78 is 12.4. The van der Waals surface area contributed by atoms with E-state index in [0.717, 1.165) is 29.0 Å². The topological polar surface area (TPSA) is 18.5 Å². The number of rotatable bonds is 8. The lowest BCUT2D eigenvalue weighted by atomic mass is 9.92. The van der Waals surface area contributed by atoms with Gasteiger partial charge in [-0.2, -0.15) is 0 Å². The minimum atomic E-state index is -0.361. The van der Waals surface area contributed by atoms with E-state index >= 15 is 0 Å². The maximum absolute atomic E-state index is 6.18. The fourth-order valence-corrected chi connectivity index (χ4v) is 3.08. The largest absolute Gasteiger partial charge is 0.488 e. The molecule has 2 nitrogen and oxygen atoms in total. The van der Waals surface area contributed by atoms with Crippen LogP contribution in [0.2, 0.25) is 0 Å². The molecule has 25 heavy (non-hydrogen) atoms. The summed E-state index contributed by atoms with van der Waals surface area (Å²) in [6.07, 6.45) is 4.39. The van der Waals surface area contributed by atoms with E-state index in [9.17, 15) is 0 Å². The summed E-state index contributed by atoms with van der Waals surface area (Å²) in [5.74, 6) is 1.70. The van der Waals surface area contributed by atoms with Crippen LogP contribution in [0, 0.1) is 0 Å². The SMILES string of the molecule is C=Cc1ccc(OC(C)(C)CC(C)(C)Oc2ccc(C=C)cc2)cc1. The maximum Gasteiger partial charge on any atom is 0.120 e. The molecule has 2 heteroatoms. The van der Waals surface area contributed by atoms with Gasteiger partial charge in [-0.05, 0) is 63.1 Å². The number of hydrogen-bond acceptors (Lipinski definition) is 2. The molecule has 0 radical (unpaired) electrons. The van der Waals surface area contributed by atoms with Gasteiger partial charge in [-0.3, -0.25) is 0 Å². The normalized spacial score (nSPS) is 11.7. The van der Waals surface area contributed by atoms with Gasteiger partial charge in [0, 0.05) is 6.42 Å². The molecule has 0 aliphatic rings. The van der Waals surface area contributed by atoms with E-state index in [1.54, 1.807) is 0 Å². The van der Waals surface area contributed by atoms with E-state index < -0.39 is 0 Å². The Labute approximate surface area is 151 Å². The zero-order valence-electron chi connectivity index (χ0n) is 15.7. The van der Waals surface area contributed by atoms with Crippen molar-refractivity contribution in [3.8, 4) is 11.5 Å². The average Bonchev–Trinajstić information content (AvgIpc) is 2.54. The monoisotopic (exact) mass is 336 g/mol. The Morgan fingerprint density at radius 2 is 1.00 bits per heavy atom. The summed E-state index contributed by atoms with van der Waals surface area (Å²) in [6, 6.07) is 15.9. The third-order valence-corrected chi connectivity index (χ3v) is 3.87. The molecule has 0 spiro atoms. The van der Waals surface area contributed by atoms with Crippen LogP contribution in [0.1, 0.15) is 45.2 Å². The van der Waals surface area contributed by atoms with Crippen molar-refractivity contribution in [2.75, 3.05) is 0 Å². The van der Waals surface area contributed by atoms with Crippen molar-refractivity contribution in [1.82, 2.24) is 0 Å². The molecule has 0 heterocycles. The second-order valence-electron chi connectivity index (χ2n) is 7.45. The Balaban J connectivity index is 2.02. The Morgan fingerprint density at radius 1 is 0.680 bits per heavy atom. The van der Waals surface area contributed by atoms with Crippen LogP contribution in [0.15, 0.2) is 61.7 Å². The van der Waals surface area contributed by atoms with Crippen molar-refractivity contribution in [3.05, 3.63) is 72.8 Å². The van der Waals surface area contributed by atoms with E-state index in [2.05, 4.69) is 40.9 Å². The second kappa shape index (κ2) is 7.60. The van der Waals surface area contributed by atoms with Crippen molar-refractivity contribution >= 4 is 12.2 Å². The molecule has 0 bridgehead atoms. The Hall–Kier alpha value is -2.48. The first-order valence-corrected chi connectivity index (χ1v) is 8.56. The molecule has 0 unspecified atom stereocenters.